The lowest BCUT2D eigenvalue weighted by Crippen LogP contribution is -2.54. The quantitative estimate of drug-likeness (QED) is 0.337. The molecular weight excluding hydrogens is 434 g/mol. The van der Waals surface area contributed by atoms with Crippen LogP contribution in [-0.2, 0) is 9.59 Å². The molecular formula is C15H8FIN2O3S. The van der Waals surface area contributed by atoms with Crippen molar-refractivity contribution in [2.75, 3.05) is 4.90 Å². The zero-order valence-corrected chi connectivity index (χ0v) is 14.4. The molecule has 1 fully saturated rings. The van der Waals surface area contributed by atoms with Gasteiger partial charge in [0.1, 0.15) is 17.2 Å². The molecule has 1 N–H and O–H groups in total. The highest BCUT2D eigenvalue weighted by molar-refractivity contribution is 14.1. The maximum Gasteiger partial charge on any atom is 0.270 e. The molecule has 1 aromatic heterocycles. The molecule has 1 aromatic carbocycles. The number of amides is 2. The van der Waals surface area contributed by atoms with E-state index >= 15 is 0 Å². The van der Waals surface area contributed by atoms with Crippen LogP contribution in [0.4, 0.5) is 10.1 Å². The van der Waals surface area contributed by atoms with Crippen molar-refractivity contribution in [3.8, 4) is 0 Å². The Bertz CT molecular complexity index is 862. The molecule has 0 atom stereocenters. The van der Waals surface area contributed by atoms with E-state index in [4.69, 9.17) is 16.6 Å². The standard InChI is InChI=1S/C15H8FIN2O3S/c16-10-3-1-2-4-11(10)19-14(21)9(13(20)18-15(19)23)7-8-5-6-12(17)22-8/h1-7H,(H,18,20,23)/b9-7-. The number of nitrogens with one attached hydrogen (secondary N) is 1. The lowest BCUT2D eigenvalue weighted by atomic mass is 10.1. The van der Waals surface area contributed by atoms with E-state index < -0.39 is 17.6 Å². The Morgan fingerprint density at radius 1 is 1.22 bits per heavy atom. The van der Waals surface area contributed by atoms with E-state index in [1.807, 2.05) is 22.6 Å². The molecule has 0 saturated carbocycles. The van der Waals surface area contributed by atoms with Crippen LogP contribution >= 0.6 is 34.8 Å². The number of carbonyl (C=O) groups is 2. The number of carbonyl (C=O) groups excluding carboxylic acids is 2. The first-order valence-corrected chi connectivity index (χ1v) is 7.87. The highest BCUT2D eigenvalue weighted by atomic mass is 127. The Morgan fingerprint density at radius 3 is 2.61 bits per heavy atom. The van der Waals surface area contributed by atoms with Crippen molar-refractivity contribution in [1.29, 1.82) is 0 Å². The molecule has 0 bridgehead atoms. The van der Waals surface area contributed by atoms with Crippen molar-refractivity contribution in [2.45, 2.75) is 0 Å². The Kier molecular flexibility index (Phi) is 4.26. The molecule has 0 radical (unpaired) electrons. The third kappa shape index (κ3) is 3.04. The van der Waals surface area contributed by atoms with E-state index in [9.17, 15) is 14.0 Å². The molecule has 3 rings (SSSR count). The monoisotopic (exact) mass is 442 g/mol. The summed E-state index contributed by atoms with van der Waals surface area (Å²) in [4.78, 5) is 25.6. The molecule has 0 unspecified atom stereocenters. The van der Waals surface area contributed by atoms with E-state index in [2.05, 4.69) is 5.32 Å². The van der Waals surface area contributed by atoms with Crippen molar-refractivity contribution < 1.29 is 18.4 Å². The van der Waals surface area contributed by atoms with E-state index in [1.54, 1.807) is 18.2 Å². The Balaban J connectivity index is 2.04. The highest BCUT2D eigenvalue weighted by Gasteiger charge is 2.35. The van der Waals surface area contributed by atoms with Gasteiger partial charge in [0.15, 0.2) is 8.88 Å². The maximum absolute atomic E-state index is 14.0. The van der Waals surface area contributed by atoms with Crippen LogP contribution in [0.2, 0.25) is 0 Å². The van der Waals surface area contributed by atoms with Gasteiger partial charge in [-0.05, 0) is 65.2 Å². The smallest absolute Gasteiger partial charge is 0.270 e. The van der Waals surface area contributed by atoms with Gasteiger partial charge in [-0.1, -0.05) is 12.1 Å². The summed E-state index contributed by atoms with van der Waals surface area (Å²) in [5.41, 5.74) is -0.213. The topological polar surface area (TPSA) is 62.6 Å². The van der Waals surface area contributed by atoms with Gasteiger partial charge in [0.05, 0.1) is 5.69 Å². The summed E-state index contributed by atoms with van der Waals surface area (Å²) in [7, 11) is 0. The summed E-state index contributed by atoms with van der Waals surface area (Å²) in [6.07, 6.45) is 1.30. The van der Waals surface area contributed by atoms with Gasteiger partial charge in [-0.2, -0.15) is 0 Å². The Morgan fingerprint density at radius 2 is 1.96 bits per heavy atom. The molecule has 116 valence electrons. The van der Waals surface area contributed by atoms with Gasteiger partial charge in [0.25, 0.3) is 11.8 Å². The van der Waals surface area contributed by atoms with E-state index in [-0.39, 0.29) is 16.4 Å². The maximum atomic E-state index is 14.0. The lowest BCUT2D eigenvalue weighted by Gasteiger charge is -2.28. The summed E-state index contributed by atoms with van der Waals surface area (Å²) in [5.74, 6) is -1.64. The molecule has 0 aliphatic carbocycles. The summed E-state index contributed by atoms with van der Waals surface area (Å²) < 4.78 is 19.9. The van der Waals surface area contributed by atoms with Crippen molar-refractivity contribution in [3.63, 3.8) is 0 Å². The second-order valence-electron chi connectivity index (χ2n) is 4.55. The summed E-state index contributed by atoms with van der Waals surface area (Å²) >= 11 is 6.96. The summed E-state index contributed by atoms with van der Waals surface area (Å²) in [5, 5.41) is 2.21. The fourth-order valence-corrected chi connectivity index (χ4v) is 2.77. The van der Waals surface area contributed by atoms with Crippen LogP contribution in [0.15, 0.2) is 46.4 Å². The predicted octanol–water partition coefficient (Wildman–Crippen LogP) is 2.85. The number of hydrogen-bond donors (Lipinski definition) is 1. The van der Waals surface area contributed by atoms with Gasteiger partial charge in [0.2, 0.25) is 0 Å². The second-order valence-corrected chi connectivity index (χ2v) is 6.00. The number of hydrogen-bond acceptors (Lipinski definition) is 4. The van der Waals surface area contributed by atoms with E-state index in [0.717, 1.165) is 4.90 Å². The van der Waals surface area contributed by atoms with Gasteiger partial charge in [-0.15, -0.1) is 0 Å². The van der Waals surface area contributed by atoms with Gasteiger partial charge >= 0.3 is 0 Å². The molecule has 1 aliphatic heterocycles. The van der Waals surface area contributed by atoms with Crippen molar-refractivity contribution >= 4 is 63.5 Å². The number of benzene rings is 1. The molecule has 5 nitrogen and oxygen atoms in total. The van der Waals surface area contributed by atoms with Crippen LogP contribution in [0.25, 0.3) is 6.08 Å². The van der Waals surface area contributed by atoms with Gasteiger partial charge in [-0.3, -0.25) is 14.9 Å². The normalized spacial score (nSPS) is 16.9. The van der Waals surface area contributed by atoms with Crippen LogP contribution in [0, 0.1) is 9.58 Å². The van der Waals surface area contributed by atoms with Crippen LogP contribution in [0.1, 0.15) is 5.76 Å². The SMILES string of the molecule is O=C1NC(=S)N(c2ccccc2F)C(=O)/C1=C\c1ccc(I)o1. The van der Waals surface area contributed by atoms with Gasteiger partial charge in [-0.25, -0.2) is 9.29 Å². The number of thiocarbonyl (C=S) groups is 1. The molecule has 2 amide bonds. The number of furan rings is 1. The highest BCUT2D eigenvalue weighted by Crippen LogP contribution is 2.24. The molecule has 1 saturated heterocycles. The minimum absolute atomic E-state index is 0.0255. The molecule has 8 heteroatoms. The minimum Gasteiger partial charge on any atom is -0.451 e. The minimum atomic E-state index is -0.713. The van der Waals surface area contributed by atoms with Crippen molar-refractivity contribution in [2.24, 2.45) is 0 Å². The summed E-state index contributed by atoms with van der Waals surface area (Å²) in [6.45, 7) is 0. The third-order valence-electron chi connectivity index (χ3n) is 3.08. The van der Waals surface area contributed by atoms with E-state index in [0.29, 0.717) is 9.53 Å². The summed E-state index contributed by atoms with van der Waals surface area (Å²) in [6, 6.07) is 9.00. The van der Waals surface area contributed by atoms with E-state index in [1.165, 1.54) is 24.3 Å². The number of halogens is 2. The average molecular weight is 442 g/mol. The third-order valence-corrected chi connectivity index (χ3v) is 3.94. The predicted molar refractivity (Wildman–Crippen MR) is 94.0 cm³/mol. The number of para-hydroxylation sites is 1. The van der Waals surface area contributed by atoms with Crippen LogP contribution < -0.4 is 10.2 Å². The number of rotatable bonds is 2. The zero-order chi connectivity index (χ0) is 16.6. The molecule has 23 heavy (non-hydrogen) atoms. The van der Waals surface area contributed by atoms with Gasteiger partial charge in [0, 0.05) is 0 Å². The second kappa shape index (κ2) is 6.20. The van der Waals surface area contributed by atoms with Gasteiger partial charge < -0.3 is 4.42 Å². The van der Waals surface area contributed by atoms with Crippen LogP contribution in [0.5, 0.6) is 0 Å². The average Bonchev–Trinajstić information content (AvgIpc) is 2.91. The molecule has 1 aliphatic rings. The largest absolute Gasteiger partial charge is 0.451 e. The van der Waals surface area contributed by atoms with Crippen molar-refractivity contribution in [1.82, 2.24) is 5.32 Å². The first kappa shape index (κ1) is 15.8. The van der Waals surface area contributed by atoms with Crippen molar-refractivity contribution in [3.05, 3.63) is 57.3 Å². The number of nitrogens with zero attached hydrogens (tertiary/aromatic N) is 1. The number of anilines is 1. The first-order chi connectivity index (χ1) is 11.0. The first-order valence-electron chi connectivity index (χ1n) is 6.38. The van der Waals surface area contributed by atoms with Crippen LogP contribution in [0.3, 0.4) is 0 Å². The molecule has 2 aromatic rings. The fraction of sp³-hybridized carbons (Fsp3) is 0. The Hall–Kier alpha value is -2.07. The fourth-order valence-electron chi connectivity index (χ4n) is 2.06. The lowest BCUT2D eigenvalue weighted by molar-refractivity contribution is -0.122. The van der Waals surface area contributed by atoms with Crippen LogP contribution in [-0.4, -0.2) is 16.9 Å². The zero-order valence-electron chi connectivity index (χ0n) is 11.4. The molecule has 0 spiro atoms. The Labute approximate surface area is 149 Å². The molecule has 2 heterocycles.